The van der Waals surface area contributed by atoms with Crippen LogP contribution in [-0.4, -0.2) is 27.1 Å². The monoisotopic (exact) mass is 372 g/mol. The number of hydrogen-bond donors (Lipinski definition) is 2. The zero-order valence-electron chi connectivity index (χ0n) is 14.6. The molecule has 0 bridgehead atoms. The summed E-state index contributed by atoms with van der Waals surface area (Å²) < 4.78 is 1.61. The number of fused-ring (bicyclic) bond motifs is 1. The third-order valence-electron chi connectivity index (χ3n) is 3.99. The summed E-state index contributed by atoms with van der Waals surface area (Å²) >= 11 is 1.50. The second kappa shape index (κ2) is 7.74. The van der Waals surface area contributed by atoms with Crippen LogP contribution in [0.4, 0.5) is 11.4 Å². The lowest BCUT2D eigenvalue weighted by Crippen LogP contribution is -2.27. The van der Waals surface area contributed by atoms with Crippen LogP contribution < -0.4 is 16.2 Å². The zero-order chi connectivity index (χ0) is 18.7. The lowest BCUT2D eigenvalue weighted by molar-refractivity contribution is -0.117. The second-order valence-corrected chi connectivity index (χ2v) is 7.06. The van der Waals surface area contributed by atoms with E-state index in [9.17, 15) is 14.4 Å². The summed E-state index contributed by atoms with van der Waals surface area (Å²) in [5.41, 5.74) is 1.87. The van der Waals surface area contributed by atoms with Crippen LogP contribution in [0.1, 0.15) is 32.0 Å². The minimum absolute atomic E-state index is 0.109. The van der Waals surface area contributed by atoms with Crippen molar-refractivity contribution in [1.29, 1.82) is 0 Å². The molecule has 0 fully saturated rings. The van der Waals surface area contributed by atoms with Crippen molar-refractivity contribution in [2.75, 3.05) is 16.4 Å². The number of carbonyl (C=O) groups excluding carboxylic acids is 2. The maximum atomic E-state index is 12.4. The van der Waals surface area contributed by atoms with Gasteiger partial charge in [0.05, 0.1) is 6.04 Å². The summed E-state index contributed by atoms with van der Waals surface area (Å²) in [7, 11) is 0. The largest absolute Gasteiger partial charge is 0.326 e. The van der Waals surface area contributed by atoms with E-state index in [-0.39, 0.29) is 29.8 Å². The van der Waals surface area contributed by atoms with Crippen molar-refractivity contribution in [3.8, 4) is 0 Å². The van der Waals surface area contributed by atoms with E-state index < -0.39 is 0 Å². The van der Waals surface area contributed by atoms with E-state index >= 15 is 0 Å². The van der Waals surface area contributed by atoms with Crippen molar-refractivity contribution < 1.29 is 9.59 Å². The molecule has 0 spiro atoms. The van der Waals surface area contributed by atoms with Gasteiger partial charge in [-0.1, -0.05) is 24.8 Å². The first-order valence-electron chi connectivity index (χ1n) is 8.39. The lowest BCUT2D eigenvalue weighted by atomic mass is 10.2. The number of carbonyl (C=O) groups is 2. The molecular formula is C18H20N4O3S. The summed E-state index contributed by atoms with van der Waals surface area (Å²) in [6, 6.07) is 8.27. The highest BCUT2D eigenvalue weighted by Crippen LogP contribution is 2.32. The Morgan fingerprint density at radius 3 is 2.69 bits per heavy atom. The van der Waals surface area contributed by atoms with Crippen LogP contribution in [-0.2, 0) is 16.0 Å². The van der Waals surface area contributed by atoms with E-state index in [4.69, 9.17) is 0 Å². The Hall–Kier alpha value is -2.61. The molecule has 0 saturated carbocycles. The van der Waals surface area contributed by atoms with Gasteiger partial charge in [0.25, 0.3) is 5.56 Å². The summed E-state index contributed by atoms with van der Waals surface area (Å²) in [6.07, 6.45) is 0.900. The maximum absolute atomic E-state index is 12.4. The van der Waals surface area contributed by atoms with Gasteiger partial charge in [0.2, 0.25) is 11.8 Å². The van der Waals surface area contributed by atoms with E-state index in [1.54, 1.807) is 28.8 Å². The number of nitrogens with one attached hydrogen (secondary N) is 2. The molecule has 1 aromatic heterocycles. The van der Waals surface area contributed by atoms with Gasteiger partial charge in [-0.05, 0) is 24.6 Å². The topological polar surface area (TPSA) is 93.1 Å². The Labute approximate surface area is 155 Å². The Morgan fingerprint density at radius 2 is 2.00 bits per heavy atom. The number of thioether (sulfide) groups is 1. The van der Waals surface area contributed by atoms with Crippen LogP contribution in [0.5, 0.6) is 0 Å². The normalized spacial score (nSPS) is 15.4. The van der Waals surface area contributed by atoms with E-state index in [1.165, 1.54) is 24.8 Å². The number of anilines is 2. The lowest BCUT2D eigenvalue weighted by Gasteiger charge is -2.14. The Bertz CT molecular complexity index is 910. The molecule has 3 rings (SSSR count). The van der Waals surface area contributed by atoms with Crippen molar-refractivity contribution in [1.82, 2.24) is 9.55 Å². The fourth-order valence-electron chi connectivity index (χ4n) is 2.83. The molecule has 2 heterocycles. The molecule has 136 valence electrons. The van der Waals surface area contributed by atoms with Crippen LogP contribution in [0.3, 0.4) is 0 Å². The molecule has 0 radical (unpaired) electrons. The zero-order valence-corrected chi connectivity index (χ0v) is 15.4. The van der Waals surface area contributed by atoms with Crippen molar-refractivity contribution in [3.63, 3.8) is 0 Å². The average molecular weight is 372 g/mol. The van der Waals surface area contributed by atoms with E-state index in [0.717, 1.165) is 5.69 Å². The van der Waals surface area contributed by atoms with Gasteiger partial charge in [0, 0.05) is 42.2 Å². The fraction of sp³-hybridized carbons (Fsp3) is 0.333. The molecule has 2 aromatic rings. The van der Waals surface area contributed by atoms with Crippen molar-refractivity contribution in [2.45, 2.75) is 37.9 Å². The van der Waals surface area contributed by atoms with Gasteiger partial charge in [-0.25, -0.2) is 4.98 Å². The summed E-state index contributed by atoms with van der Waals surface area (Å²) in [4.78, 5) is 40.3. The third kappa shape index (κ3) is 4.13. The summed E-state index contributed by atoms with van der Waals surface area (Å²) in [5, 5.41) is 6.18. The molecule has 2 amide bonds. The highest BCUT2D eigenvalue weighted by molar-refractivity contribution is 7.99. The summed E-state index contributed by atoms with van der Waals surface area (Å²) in [6.45, 7) is 3.38. The first-order valence-corrected chi connectivity index (χ1v) is 9.37. The molecule has 7 nitrogen and oxygen atoms in total. The number of aryl methyl sites for hydroxylation is 1. The molecular weight excluding hydrogens is 352 g/mol. The van der Waals surface area contributed by atoms with Crippen LogP contribution in [0.2, 0.25) is 0 Å². The van der Waals surface area contributed by atoms with Crippen LogP contribution in [0, 0.1) is 0 Å². The quantitative estimate of drug-likeness (QED) is 0.787. The van der Waals surface area contributed by atoms with Crippen molar-refractivity contribution >= 4 is 35.0 Å². The van der Waals surface area contributed by atoms with Crippen LogP contribution in [0.25, 0.3) is 0 Å². The first kappa shape index (κ1) is 18.2. The Morgan fingerprint density at radius 1 is 1.27 bits per heavy atom. The second-order valence-electron chi connectivity index (χ2n) is 6.07. The number of hydrogen-bond acceptors (Lipinski definition) is 5. The molecule has 1 aliphatic rings. The van der Waals surface area contributed by atoms with E-state index in [0.29, 0.717) is 28.7 Å². The van der Waals surface area contributed by atoms with Gasteiger partial charge in [0.15, 0.2) is 5.16 Å². The minimum atomic E-state index is -0.209. The summed E-state index contributed by atoms with van der Waals surface area (Å²) in [5.74, 6) is 0.288. The third-order valence-corrected chi connectivity index (χ3v) is 5.09. The van der Waals surface area contributed by atoms with Gasteiger partial charge in [-0.3, -0.25) is 19.0 Å². The molecule has 1 unspecified atom stereocenters. The van der Waals surface area contributed by atoms with Crippen molar-refractivity contribution in [3.05, 3.63) is 46.4 Å². The molecule has 1 atom stereocenters. The van der Waals surface area contributed by atoms with Gasteiger partial charge < -0.3 is 10.6 Å². The highest BCUT2D eigenvalue weighted by Gasteiger charge is 2.27. The molecule has 1 aromatic carbocycles. The van der Waals surface area contributed by atoms with Crippen molar-refractivity contribution in [2.24, 2.45) is 0 Å². The number of aromatic nitrogens is 2. The number of amides is 2. The molecule has 0 aliphatic carbocycles. The van der Waals surface area contributed by atoms with Gasteiger partial charge >= 0.3 is 0 Å². The molecule has 26 heavy (non-hydrogen) atoms. The van der Waals surface area contributed by atoms with E-state index in [1.807, 2.05) is 6.92 Å². The van der Waals surface area contributed by atoms with E-state index in [2.05, 4.69) is 15.6 Å². The van der Waals surface area contributed by atoms with Crippen LogP contribution in [0.15, 0.2) is 40.3 Å². The van der Waals surface area contributed by atoms with Gasteiger partial charge in [-0.15, -0.1) is 0 Å². The highest BCUT2D eigenvalue weighted by atomic mass is 32.2. The first-order chi connectivity index (χ1) is 12.5. The minimum Gasteiger partial charge on any atom is -0.326 e. The number of nitrogens with zero attached hydrogens (tertiary/aromatic N) is 2. The Balaban J connectivity index is 1.69. The standard InChI is InChI=1S/C18H20N4O3S/c1-3-12-8-17(25)22-15(10-26-18(22)21-12)9-16(24)20-14-6-4-5-13(7-14)19-11(2)23/h4-8,15H,3,9-10H2,1-2H3,(H,19,23)(H,20,24). The maximum Gasteiger partial charge on any atom is 0.254 e. The number of rotatable bonds is 5. The SMILES string of the molecule is CCc1cc(=O)n2c(n1)SCC2CC(=O)Nc1cccc(NC(C)=O)c1. The Kier molecular flexibility index (Phi) is 5.41. The smallest absolute Gasteiger partial charge is 0.254 e. The molecule has 8 heteroatoms. The van der Waals surface area contributed by atoms with Gasteiger partial charge in [-0.2, -0.15) is 0 Å². The predicted molar refractivity (Wildman–Crippen MR) is 102 cm³/mol. The molecule has 1 aliphatic heterocycles. The predicted octanol–water partition coefficient (Wildman–Crippen LogP) is 2.44. The average Bonchev–Trinajstić information content (AvgIpc) is 2.97. The van der Waals surface area contributed by atoms with Crippen LogP contribution >= 0.6 is 11.8 Å². The number of benzene rings is 1. The molecule has 0 saturated heterocycles. The fourth-order valence-corrected chi connectivity index (χ4v) is 4.00. The molecule has 2 N–H and O–H groups in total. The van der Waals surface area contributed by atoms with Gasteiger partial charge in [0.1, 0.15) is 0 Å².